The highest BCUT2D eigenvalue weighted by molar-refractivity contribution is 5.78. The molecule has 1 saturated heterocycles. The molecular weight excluding hydrogens is 376 g/mol. The van der Waals surface area contributed by atoms with Gasteiger partial charge in [0.15, 0.2) is 0 Å². The summed E-state index contributed by atoms with van der Waals surface area (Å²) in [6.07, 6.45) is 6.49. The number of aromatic nitrogens is 2. The van der Waals surface area contributed by atoms with Gasteiger partial charge in [0.05, 0.1) is 23.6 Å². The summed E-state index contributed by atoms with van der Waals surface area (Å²) in [4.78, 5) is 26.3. The van der Waals surface area contributed by atoms with Gasteiger partial charge >= 0.3 is 0 Å². The van der Waals surface area contributed by atoms with E-state index in [1.807, 2.05) is 15.8 Å². The van der Waals surface area contributed by atoms with Gasteiger partial charge in [-0.1, -0.05) is 31.5 Å². The molecule has 2 aliphatic rings. The number of amides is 2. The summed E-state index contributed by atoms with van der Waals surface area (Å²) in [5, 5.41) is 7.91. The minimum Gasteiger partial charge on any atom is -0.349 e. The molecule has 1 atom stereocenters. The van der Waals surface area contributed by atoms with Crippen LogP contribution in [0, 0.1) is 12.3 Å². The lowest BCUT2D eigenvalue weighted by Gasteiger charge is -2.36. The van der Waals surface area contributed by atoms with E-state index in [0.717, 1.165) is 37.1 Å². The van der Waals surface area contributed by atoms with Crippen molar-refractivity contribution >= 4 is 11.8 Å². The van der Waals surface area contributed by atoms with Gasteiger partial charge in [-0.15, -0.1) is 0 Å². The maximum atomic E-state index is 12.7. The molecule has 1 fully saturated rings. The highest BCUT2D eigenvalue weighted by Crippen LogP contribution is 2.41. The van der Waals surface area contributed by atoms with E-state index in [-0.39, 0.29) is 23.3 Å². The second kappa shape index (κ2) is 8.25. The molecule has 0 radical (unpaired) electrons. The standard InChI is InChI=1S/C24H32N4O2/c1-17-8-10-18(11-9-17)28-21-15-24(2,3)14-20(19(21)16-25-28)26-22(29)6-4-12-27-13-5-7-23(27)30/h8-11,16,20H,4-7,12-15H2,1-3H3,(H,26,29)/t20-/m0/s1. The average molecular weight is 409 g/mol. The third-order valence-corrected chi connectivity index (χ3v) is 6.30. The number of rotatable bonds is 6. The minimum absolute atomic E-state index is 0.0242. The van der Waals surface area contributed by atoms with Crippen molar-refractivity contribution in [2.75, 3.05) is 13.1 Å². The predicted molar refractivity (Wildman–Crippen MR) is 116 cm³/mol. The van der Waals surface area contributed by atoms with Crippen molar-refractivity contribution < 1.29 is 9.59 Å². The fourth-order valence-electron chi connectivity index (χ4n) is 4.72. The number of fused-ring (bicyclic) bond motifs is 1. The van der Waals surface area contributed by atoms with Crippen molar-refractivity contribution in [3.05, 3.63) is 47.3 Å². The third-order valence-electron chi connectivity index (χ3n) is 6.30. The molecule has 0 saturated carbocycles. The lowest BCUT2D eigenvalue weighted by atomic mass is 9.74. The van der Waals surface area contributed by atoms with Crippen LogP contribution in [0.4, 0.5) is 0 Å². The maximum absolute atomic E-state index is 12.7. The number of nitrogens with one attached hydrogen (secondary N) is 1. The molecule has 2 amide bonds. The van der Waals surface area contributed by atoms with Crippen LogP contribution in [0.5, 0.6) is 0 Å². The predicted octanol–water partition coefficient (Wildman–Crippen LogP) is 3.71. The Hall–Kier alpha value is -2.63. The van der Waals surface area contributed by atoms with Gasteiger partial charge in [0, 0.05) is 31.5 Å². The number of likely N-dealkylation sites (tertiary alicyclic amines) is 1. The number of benzene rings is 1. The molecule has 1 aromatic heterocycles. The Balaban J connectivity index is 1.45. The molecule has 0 bridgehead atoms. The molecule has 1 aliphatic carbocycles. The lowest BCUT2D eigenvalue weighted by molar-refractivity contribution is -0.128. The van der Waals surface area contributed by atoms with Gasteiger partial charge in [-0.3, -0.25) is 9.59 Å². The van der Waals surface area contributed by atoms with Crippen LogP contribution in [-0.4, -0.2) is 39.6 Å². The van der Waals surface area contributed by atoms with Crippen LogP contribution in [0.1, 0.15) is 68.8 Å². The van der Waals surface area contributed by atoms with E-state index in [2.05, 4.69) is 55.5 Å². The molecule has 0 unspecified atom stereocenters. The Morgan fingerprint density at radius 3 is 2.73 bits per heavy atom. The normalized spacial score (nSPS) is 20.3. The smallest absolute Gasteiger partial charge is 0.222 e. The number of carbonyl (C=O) groups is 2. The van der Waals surface area contributed by atoms with Crippen molar-refractivity contribution in [2.24, 2.45) is 5.41 Å². The third kappa shape index (κ3) is 4.42. The van der Waals surface area contributed by atoms with E-state index in [4.69, 9.17) is 0 Å². The summed E-state index contributed by atoms with van der Waals surface area (Å²) in [5.74, 6) is 0.274. The van der Waals surface area contributed by atoms with E-state index >= 15 is 0 Å². The van der Waals surface area contributed by atoms with E-state index in [1.54, 1.807) is 0 Å². The van der Waals surface area contributed by atoms with Crippen LogP contribution in [-0.2, 0) is 16.0 Å². The first-order valence-corrected chi connectivity index (χ1v) is 11.0. The first kappa shape index (κ1) is 20.6. The van der Waals surface area contributed by atoms with Gasteiger partial charge in [-0.2, -0.15) is 5.10 Å². The molecule has 6 nitrogen and oxygen atoms in total. The van der Waals surface area contributed by atoms with Crippen LogP contribution in [0.15, 0.2) is 30.5 Å². The summed E-state index contributed by atoms with van der Waals surface area (Å²) in [6.45, 7) is 8.09. The largest absolute Gasteiger partial charge is 0.349 e. The van der Waals surface area contributed by atoms with E-state index in [9.17, 15) is 9.59 Å². The molecule has 6 heteroatoms. The fraction of sp³-hybridized carbons (Fsp3) is 0.542. The minimum atomic E-state index is -0.0242. The number of nitrogens with zero attached hydrogens (tertiary/aromatic N) is 3. The van der Waals surface area contributed by atoms with Crippen LogP contribution in [0.25, 0.3) is 5.69 Å². The molecule has 1 aliphatic heterocycles. The van der Waals surface area contributed by atoms with Crippen molar-refractivity contribution in [3.8, 4) is 5.69 Å². The molecule has 1 aromatic carbocycles. The summed E-state index contributed by atoms with van der Waals surface area (Å²) in [6, 6.07) is 8.36. The molecule has 160 valence electrons. The van der Waals surface area contributed by atoms with E-state index < -0.39 is 0 Å². The Morgan fingerprint density at radius 1 is 1.27 bits per heavy atom. The second-order valence-electron chi connectivity index (χ2n) is 9.55. The van der Waals surface area contributed by atoms with Gasteiger partial charge in [-0.25, -0.2) is 4.68 Å². The van der Waals surface area contributed by atoms with Gasteiger partial charge < -0.3 is 10.2 Å². The van der Waals surface area contributed by atoms with Crippen LogP contribution in [0.3, 0.4) is 0 Å². The number of hydrogen-bond acceptors (Lipinski definition) is 3. The zero-order valence-corrected chi connectivity index (χ0v) is 18.3. The quantitative estimate of drug-likeness (QED) is 0.792. The van der Waals surface area contributed by atoms with Gasteiger partial charge in [0.1, 0.15) is 0 Å². The molecule has 1 N–H and O–H groups in total. The summed E-state index contributed by atoms with van der Waals surface area (Å²) >= 11 is 0. The second-order valence-corrected chi connectivity index (χ2v) is 9.55. The Morgan fingerprint density at radius 2 is 2.03 bits per heavy atom. The Labute approximate surface area is 178 Å². The molecule has 30 heavy (non-hydrogen) atoms. The highest BCUT2D eigenvalue weighted by Gasteiger charge is 2.36. The monoisotopic (exact) mass is 408 g/mol. The van der Waals surface area contributed by atoms with Gasteiger partial charge in [-0.05, 0) is 50.2 Å². The van der Waals surface area contributed by atoms with Crippen LogP contribution < -0.4 is 5.32 Å². The molecular formula is C24H32N4O2. The summed E-state index contributed by atoms with van der Waals surface area (Å²) < 4.78 is 2.02. The zero-order chi connectivity index (χ0) is 21.3. The Bertz CT molecular complexity index is 929. The highest BCUT2D eigenvalue weighted by atomic mass is 16.2. The molecule has 2 heterocycles. The first-order valence-electron chi connectivity index (χ1n) is 11.0. The topological polar surface area (TPSA) is 67.2 Å². The molecule has 0 spiro atoms. The number of hydrogen-bond donors (Lipinski definition) is 1. The molecule has 2 aromatic rings. The fourth-order valence-corrected chi connectivity index (χ4v) is 4.72. The first-order chi connectivity index (χ1) is 14.3. The Kier molecular flexibility index (Phi) is 5.67. The SMILES string of the molecule is Cc1ccc(-n2ncc3c2CC(C)(C)C[C@@H]3NC(=O)CCCN2CCCC2=O)cc1. The van der Waals surface area contributed by atoms with Crippen molar-refractivity contribution in [2.45, 2.75) is 65.3 Å². The van der Waals surface area contributed by atoms with E-state index in [1.165, 1.54) is 11.3 Å². The van der Waals surface area contributed by atoms with Gasteiger partial charge in [0.2, 0.25) is 11.8 Å². The lowest BCUT2D eigenvalue weighted by Crippen LogP contribution is -2.37. The number of aryl methyl sites for hydroxylation is 1. The average Bonchev–Trinajstić information content (AvgIpc) is 3.28. The van der Waals surface area contributed by atoms with E-state index in [0.29, 0.717) is 25.8 Å². The summed E-state index contributed by atoms with van der Waals surface area (Å²) in [5.41, 5.74) is 4.66. The van der Waals surface area contributed by atoms with Crippen molar-refractivity contribution in [1.29, 1.82) is 0 Å². The zero-order valence-electron chi connectivity index (χ0n) is 18.3. The van der Waals surface area contributed by atoms with Crippen LogP contribution in [0.2, 0.25) is 0 Å². The van der Waals surface area contributed by atoms with Crippen molar-refractivity contribution in [3.63, 3.8) is 0 Å². The van der Waals surface area contributed by atoms with Crippen molar-refractivity contribution in [1.82, 2.24) is 20.0 Å². The number of carbonyl (C=O) groups excluding carboxylic acids is 2. The summed E-state index contributed by atoms with van der Waals surface area (Å²) in [7, 11) is 0. The van der Waals surface area contributed by atoms with Crippen LogP contribution >= 0.6 is 0 Å². The molecule has 4 rings (SSSR count). The maximum Gasteiger partial charge on any atom is 0.222 e. The van der Waals surface area contributed by atoms with Gasteiger partial charge in [0.25, 0.3) is 0 Å².